The summed E-state index contributed by atoms with van der Waals surface area (Å²) < 4.78 is 26.5. The predicted octanol–water partition coefficient (Wildman–Crippen LogP) is 4.10. The number of sulfone groups is 1. The molecule has 0 spiro atoms. The van der Waals surface area contributed by atoms with Gasteiger partial charge in [-0.3, -0.25) is 0 Å². The van der Waals surface area contributed by atoms with Crippen molar-refractivity contribution in [2.45, 2.75) is 16.3 Å². The summed E-state index contributed by atoms with van der Waals surface area (Å²) in [4.78, 5) is 3.63. The van der Waals surface area contributed by atoms with Crippen LogP contribution >= 0.6 is 0 Å². The number of aromatic nitrogens is 1. The van der Waals surface area contributed by atoms with E-state index in [1.807, 2.05) is 54.6 Å². The van der Waals surface area contributed by atoms with Crippen molar-refractivity contribution < 1.29 is 13.4 Å². The van der Waals surface area contributed by atoms with Crippen LogP contribution in [-0.2, 0) is 16.4 Å². The molecule has 0 aliphatic heterocycles. The molecule has 0 radical (unpaired) electrons. The Bertz CT molecular complexity index is 1170. The number of hydrogen-bond acceptors (Lipinski definition) is 3. The highest BCUT2D eigenvalue weighted by atomic mass is 32.2. The largest absolute Gasteiger partial charge is 0.379 e. The summed E-state index contributed by atoms with van der Waals surface area (Å²) in [7, 11) is -3.66. The molecule has 134 valence electrons. The molecule has 0 atom stereocenters. The van der Waals surface area contributed by atoms with Gasteiger partial charge in [0.1, 0.15) is 0 Å². The Balaban J connectivity index is 1.85. The summed E-state index contributed by atoms with van der Waals surface area (Å²) in [6, 6.07) is 26.1. The third-order valence-corrected chi connectivity index (χ3v) is 6.25. The third-order valence-electron chi connectivity index (χ3n) is 4.46. The normalized spacial score (nSPS) is 11.4. The Morgan fingerprint density at radius 3 is 2.15 bits per heavy atom. The summed E-state index contributed by atoms with van der Waals surface area (Å²) in [6.07, 6.45) is 1.57. The SMILES string of the molecule is O=S(=O)(c1ccccc1)c1c[nH+]c2ccccc2c1NCc1ccccc1. The molecule has 0 aliphatic carbocycles. The summed E-state index contributed by atoms with van der Waals surface area (Å²) in [5.74, 6) is 0. The van der Waals surface area contributed by atoms with Gasteiger partial charge in [0.25, 0.3) is 0 Å². The topological polar surface area (TPSA) is 60.3 Å². The first-order valence-corrected chi connectivity index (χ1v) is 10.2. The molecule has 1 heterocycles. The monoisotopic (exact) mass is 375 g/mol. The minimum atomic E-state index is -3.66. The lowest BCUT2D eigenvalue weighted by atomic mass is 10.1. The average Bonchev–Trinajstić information content (AvgIpc) is 2.73. The summed E-state index contributed by atoms with van der Waals surface area (Å²) in [5.41, 5.74) is 2.56. The van der Waals surface area contributed by atoms with E-state index in [1.54, 1.807) is 36.5 Å². The summed E-state index contributed by atoms with van der Waals surface area (Å²) >= 11 is 0. The van der Waals surface area contributed by atoms with Gasteiger partial charge in [-0.05, 0) is 23.8 Å². The molecule has 1 aromatic heterocycles. The van der Waals surface area contributed by atoms with Crippen molar-refractivity contribution in [1.82, 2.24) is 0 Å². The first-order chi connectivity index (χ1) is 13.2. The molecule has 0 unspecified atom stereocenters. The fourth-order valence-electron chi connectivity index (χ4n) is 3.08. The number of hydrogen-bond donors (Lipinski definition) is 1. The van der Waals surface area contributed by atoms with Gasteiger partial charge in [0.2, 0.25) is 15.4 Å². The van der Waals surface area contributed by atoms with Gasteiger partial charge in [0, 0.05) is 12.6 Å². The molecule has 0 amide bonds. The van der Waals surface area contributed by atoms with Crippen LogP contribution in [0.2, 0.25) is 0 Å². The minimum absolute atomic E-state index is 0.239. The lowest BCUT2D eigenvalue weighted by Crippen LogP contribution is -2.14. The first-order valence-electron chi connectivity index (χ1n) is 8.67. The quantitative estimate of drug-likeness (QED) is 0.571. The number of nitrogens with one attached hydrogen (secondary N) is 2. The van der Waals surface area contributed by atoms with Crippen LogP contribution in [0.15, 0.2) is 101 Å². The van der Waals surface area contributed by atoms with Crippen LogP contribution in [0, 0.1) is 0 Å². The predicted molar refractivity (Wildman–Crippen MR) is 106 cm³/mol. The Morgan fingerprint density at radius 1 is 0.778 bits per heavy atom. The van der Waals surface area contributed by atoms with Crippen LogP contribution < -0.4 is 10.3 Å². The maximum Gasteiger partial charge on any atom is 0.214 e. The van der Waals surface area contributed by atoms with Gasteiger partial charge in [-0.25, -0.2) is 13.4 Å². The first kappa shape index (κ1) is 17.2. The second-order valence-corrected chi connectivity index (χ2v) is 8.15. The number of para-hydroxylation sites is 1. The molecule has 0 bridgehead atoms. The van der Waals surface area contributed by atoms with Crippen LogP contribution in [0.3, 0.4) is 0 Å². The number of aromatic amines is 1. The molecule has 0 saturated carbocycles. The van der Waals surface area contributed by atoms with E-state index in [4.69, 9.17) is 0 Å². The highest BCUT2D eigenvalue weighted by molar-refractivity contribution is 7.91. The van der Waals surface area contributed by atoms with Crippen molar-refractivity contribution in [2.75, 3.05) is 5.32 Å². The molecule has 2 N–H and O–H groups in total. The smallest absolute Gasteiger partial charge is 0.214 e. The number of pyridine rings is 1. The van der Waals surface area contributed by atoms with Crippen LogP contribution in [0.4, 0.5) is 5.69 Å². The zero-order valence-electron chi connectivity index (χ0n) is 14.6. The number of fused-ring (bicyclic) bond motifs is 1. The number of anilines is 1. The van der Waals surface area contributed by atoms with Crippen LogP contribution in [0.1, 0.15) is 5.56 Å². The van der Waals surface area contributed by atoms with E-state index in [2.05, 4.69) is 10.3 Å². The molecule has 3 aromatic carbocycles. The van der Waals surface area contributed by atoms with E-state index in [0.717, 1.165) is 16.5 Å². The van der Waals surface area contributed by atoms with Crippen molar-refractivity contribution in [2.24, 2.45) is 0 Å². The summed E-state index contributed by atoms with van der Waals surface area (Å²) in [5, 5.41) is 4.19. The van der Waals surface area contributed by atoms with E-state index < -0.39 is 9.84 Å². The minimum Gasteiger partial charge on any atom is -0.379 e. The fourth-order valence-corrected chi connectivity index (χ4v) is 4.52. The van der Waals surface area contributed by atoms with E-state index in [9.17, 15) is 8.42 Å². The van der Waals surface area contributed by atoms with Crippen molar-refractivity contribution >= 4 is 26.4 Å². The Labute approximate surface area is 158 Å². The second-order valence-electron chi connectivity index (χ2n) is 6.23. The lowest BCUT2D eigenvalue weighted by Gasteiger charge is -2.13. The number of benzene rings is 3. The molecule has 4 aromatic rings. The van der Waals surface area contributed by atoms with Crippen LogP contribution in [-0.4, -0.2) is 8.42 Å². The van der Waals surface area contributed by atoms with Gasteiger partial charge in [-0.15, -0.1) is 0 Å². The van der Waals surface area contributed by atoms with Crippen LogP contribution in [0.25, 0.3) is 10.9 Å². The summed E-state index contributed by atoms with van der Waals surface area (Å²) in [6.45, 7) is 0.534. The molecule has 5 heteroatoms. The highest BCUT2D eigenvalue weighted by Crippen LogP contribution is 2.32. The molecule has 4 nitrogen and oxygen atoms in total. The lowest BCUT2D eigenvalue weighted by molar-refractivity contribution is -0.347. The zero-order chi connectivity index (χ0) is 18.7. The molecule has 0 saturated heterocycles. The maximum atomic E-state index is 13.2. The van der Waals surface area contributed by atoms with E-state index in [-0.39, 0.29) is 9.79 Å². The van der Waals surface area contributed by atoms with E-state index in [1.165, 1.54) is 0 Å². The molecule has 0 aliphatic rings. The van der Waals surface area contributed by atoms with E-state index in [0.29, 0.717) is 12.2 Å². The van der Waals surface area contributed by atoms with Gasteiger partial charge in [0.05, 0.1) is 16.0 Å². The fraction of sp³-hybridized carbons (Fsp3) is 0.0455. The zero-order valence-corrected chi connectivity index (χ0v) is 15.4. The van der Waals surface area contributed by atoms with Gasteiger partial charge in [-0.1, -0.05) is 60.7 Å². The van der Waals surface area contributed by atoms with Gasteiger partial charge < -0.3 is 5.32 Å². The Kier molecular flexibility index (Phi) is 4.60. The Hall–Kier alpha value is -3.18. The van der Waals surface area contributed by atoms with Crippen molar-refractivity contribution in [1.29, 1.82) is 0 Å². The molecule has 0 fully saturated rings. The van der Waals surface area contributed by atoms with E-state index >= 15 is 0 Å². The van der Waals surface area contributed by atoms with Gasteiger partial charge in [0.15, 0.2) is 11.1 Å². The third kappa shape index (κ3) is 3.41. The van der Waals surface area contributed by atoms with Crippen molar-refractivity contribution in [3.8, 4) is 0 Å². The standard InChI is InChI=1S/C22H18N2O2S/c25-27(26,18-11-5-2-6-12-18)21-16-23-20-14-8-7-13-19(20)22(21)24-15-17-9-3-1-4-10-17/h1-14,16H,15H2,(H,23,24)/p+1. The van der Waals surface area contributed by atoms with Crippen molar-refractivity contribution in [3.05, 3.63) is 96.7 Å². The van der Waals surface area contributed by atoms with Gasteiger partial charge in [-0.2, -0.15) is 0 Å². The number of rotatable bonds is 5. The maximum absolute atomic E-state index is 13.2. The highest BCUT2D eigenvalue weighted by Gasteiger charge is 2.26. The van der Waals surface area contributed by atoms with Crippen molar-refractivity contribution in [3.63, 3.8) is 0 Å². The number of H-pyrrole nitrogens is 1. The molecule has 4 rings (SSSR count). The molecular formula is C22H19N2O2S+. The van der Waals surface area contributed by atoms with Crippen LogP contribution in [0.5, 0.6) is 0 Å². The second kappa shape index (κ2) is 7.21. The molecule has 27 heavy (non-hydrogen) atoms. The Morgan fingerprint density at radius 2 is 1.41 bits per heavy atom. The average molecular weight is 375 g/mol. The van der Waals surface area contributed by atoms with Gasteiger partial charge >= 0.3 is 0 Å². The molecular weight excluding hydrogens is 356 g/mol.